The van der Waals surface area contributed by atoms with Crippen molar-refractivity contribution < 1.29 is 9.90 Å². The lowest BCUT2D eigenvalue weighted by atomic mass is 10.1. The molecule has 0 aliphatic rings. The van der Waals surface area contributed by atoms with Crippen molar-refractivity contribution in [1.29, 1.82) is 0 Å². The van der Waals surface area contributed by atoms with E-state index in [2.05, 4.69) is 15.5 Å². The Balaban J connectivity index is 1.76. The van der Waals surface area contributed by atoms with Crippen LogP contribution in [0.15, 0.2) is 54.9 Å². The van der Waals surface area contributed by atoms with Crippen LogP contribution in [0.2, 0.25) is 0 Å². The van der Waals surface area contributed by atoms with Crippen molar-refractivity contribution in [3.05, 3.63) is 66.0 Å². The third-order valence-corrected chi connectivity index (χ3v) is 3.43. The maximum absolute atomic E-state index is 12.2. The molecule has 3 N–H and O–H groups in total. The average Bonchev–Trinajstić information content (AvgIpc) is 3.05. The number of phenolic OH excluding ortho intramolecular Hbond substituents is 1. The fourth-order valence-corrected chi connectivity index (χ4v) is 2.16. The normalized spacial score (nSPS) is 10.4. The minimum absolute atomic E-state index is 0.191. The zero-order valence-electron chi connectivity index (χ0n) is 12.0. The Kier molecular flexibility index (Phi) is 3.62. The minimum atomic E-state index is -0.191. The molecule has 3 aromatic rings. The van der Waals surface area contributed by atoms with E-state index in [1.807, 2.05) is 12.1 Å². The smallest absolute Gasteiger partial charge is 0.255 e. The molecule has 1 amide bonds. The monoisotopic (exact) mass is 293 g/mol. The van der Waals surface area contributed by atoms with Crippen molar-refractivity contribution in [1.82, 2.24) is 10.2 Å². The van der Waals surface area contributed by atoms with E-state index in [1.165, 1.54) is 0 Å². The molecule has 0 spiro atoms. The topological polar surface area (TPSA) is 78.0 Å². The SMILES string of the molecule is Cc1cc(NC(=O)c2ccc(-c3cn[nH]c3)cc2)ccc1O. The summed E-state index contributed by atoms with van der Waals surface area (Å²) in [6, 6.07) is 12.2. The van der Waals surface area contributed by atoms with Gasteiger partial charge in [0.25, 0.3) is 5.91 Å². The molecule has 110 valence electrons. The zero-order valence-corrected chi connectivity index (χ0v) is 12.0. The largest absolute Gasteiger partial charge is 0.508 e. The Hall–Kier alpha value is -3.08. The van der Waals surface area contributed by atoms with Crippen LogP contribution in [-0.4, -0.2) is 21.2 Å². The first-order valence-corrected chi connectivity index (χ1v) is 6.83. The number of hydrogen-bond acceptors (Lipinski definition) is 3. The highest BCUT2D eigenvalue weighted by molar-refractivity contribution is 6.04. The standard InChI is InChI=1S/C17H15N3O2/c1-11-8-15(6-7-16(11)21)20-17(22)13-4-2-12(3-5-13)14-9-18-19-10-14/h2-10,21H,1H3,(H,18,19)(H,20,22). The molecule has 3 rings (SSSR count). The predicted octanol–water partition coefficient (Wildman–Crippen LogP) is 3.34. The molecule has 2 aromatic carbocycles. The summed E-state index contributed by atoms with van der Waals surface area (Å²) >= 11 is 0. The number of benzene rings is 2. The van der Waals surface area contributed by atoms with Crippen LogP contribution in [0.4, 0.5) is 5.69 Å². The van der Waals surface area contributed by atoms with E-state index >= 15 is 0 Å². The number of phenols is 1. The predicted molar refractivity (Wildman–Crippen MR) is 84.8 cm³/mol. The minimum Gasteiger partial charge on any atom is -0.508 e. The molecule has 22 heavy (non-hydrogen) atoms. The number of aromatic hydroxyl groups is 1. The van der Waals surface area contributed by atoms with Crippen molar-refractivity contribution in [2.45, 2.75) is 6.92 Å². The van der Waals surface area contributed by atoms with Gasteiger partial charge in [-0.25, -0.2) is 0 Å². The Morgan fingerprint density at radius 1 is 1.14 bits per heavy atom. The third-order valence-electron chi connectivity index (χ3n) is 3.43. The average molecular weight is 293 g/mol. The van der Waals surface area contributed by atoms with E-state index in [-0.39, 0.29) is 11.7 Å². The van der Waals surface area contributed by atoms with Gasteiger partial charge in [0.15, 0.2) is 0 Å². The van der Waals surface area contributed by atoms with Crippen molar-refractivity contribution >= 4 is 11.6 Å². The number of anilines is 1. The Morgan fingerprint density at radius 2 is 1.91 bits per heavy atom. The number of aryl methyl sites for hydroxylation is 1. The van der Waals surface area contributed by atoms with Crippen LogP contribution >= 0.6 is 0 Å². The van der Waals surface area contributed by atoms with Crippen LogP contribution in [0, 0.1) is 6.92 Å². The Bertz CT molecular complexity index is 793. The van der Waals surface area contributed by atoms with Crippen LogP contribution in [0.3, 0.4) is 0 Å². The highest BCUT2D eigenvalue weighted by Crippen LogP contribution is 2.21. The molecule has 0 aliphatic carbocycles. The molecule has 0 atom stereocenters. The summed E-state index contributed by atoms with van der Waals surface area (Å²) in [5, 5.41) is 19.0. The fourth-order valence-electron chi connectivity index (χ4n) is 2.16. The summed E-state index contributed by atoms with van der Waals surface area (Å²) in [6.45, 7) is 1.78. The van der Waals surface area contributed by atoms with E-state index in [1.54, 1.807) is 49.6 Å². The molecule has 0 saturated heterocycles. The zero-order chi connectivity index (χ0) is 15.5. The first-order valence-electron chi connectivity index (χ1n) is 6.83. The summed E-state index contributed by atoms with van der Waals surface area (Å²) in [4.78, 5) is 12.2. The van der Waals surface area contributed by atoms with Gasteiger partial charge in [-0.15, -0.1) is 0 Å². The first-order chi connectivity index (χ1) is 10.6. The van der Waals surface area contributed by atoms with Crippen LogP contribution in [0.25, 0.3) is 11.1 Å². The maximum atomic E-state index is 12.2. The van der Waals surface area contributed by atoms with Crippen LogP contribution < -0.4 is 5.32 Å². The van der Waals surface area contributed by atoms with Crippen molar-refractivity contribution in [2.75, 3.05) is 5.32 Å². The lowest BCUT2D eigenvalue weighted by Crippen LogP contribution is -2.11. The van der Waals surface area contributed by atoms with E-state index in [0.29, 0.717) is 16.8 Å². The number of rotatable bonds is 3. The van der Waals surface area contributed by atoms with Gasteiger partial charge in [0.2, 0.25) is 0 Å². The number of nitrogens with one attached hydrogen (secondary N) is 2. The molecule has 5 heteroatoms. The van der Waals surface area contributed by atoms with E-state index in [0.717, 1.165) is 11.1 Å². The molecule has 0 saturated carbocycles. The third kappa shape index (κ3) is 2.83. The summed E-state index contributed by atoms with van der Waals surface area (Å²) < 4.78 is 0. The maximum Gasteiger partial charge on any atom is 0.255 e. The van der Waals surface area contributed by atoms with Crippen LogP contribution in [-0.2, 0) is 0 Å². The summed E-state index contributed by atoms with van der Waals surface area (Å²) in [6.07, 6.45) is 3.53. The number of H-pyrrole nitrogens is 1. The van der Waals surface area contributed by atoms with Gasteiger partial charge in [-0.3, -0.25) is 9.89 Å². The van der Waals surface area contributed by atoms with Crippen molar-refractivity contribution in [3.8, 4) is 16.9 Å². The van der Waals surface area contributed by atoms with Gasteiger partial charge in [-0.1, -0.05) is 12.1 Å². The molecule has 0 radical (unpaired) electrons. The lowest BCUT2D eigenvalue weighted by Gasteiger charge is -2.07. The quantitative estimate of drug-likeness (QED) is 0.648. The second-order valence-corrected chi connectivity index (χ2v) is 5.02. The highest BCUT2D eigenvalue weighted by Gasteiger charge is 2.08. The summed E-state index contributed by atoms with van der Waals surface area (Å²) in [5.41, 5.74) is 3.90. The number of aromatic amines is 1. The second-order valence-electron chi connectivity index (χ2n) is 5.02. The van der Waals surface area contributed by atoms with Gasteiger partial charge >= 0.3 is 0 Å². The molecule has 5 nitrogen and oxygen atoms in total. The Labute approximate surface area is 127 Å². The van der Waals surface area contributed by atoms with Gasteiger partial charge < -0.3 is 10.4 Å². The van der Waals surface area contributed by atoms with Gasteiger partial charge in [-0.05, 0) is 48.4 Å². The van der Waals surface area contributed by atoms with Crippen LogP contribution in [0.1, 0.15) is 15.9 Å². The van der Waals surface area contributed by atoms with Crippen molar-refractivity contribution in [3.63, 3.8) is 0 Å². The molecular formula is C17H15N3O2. The highest BCUT2D eigenvalue weighted by atomic mass is 16.3. The molecule has 0 aliphatic heterocycles. The van der Waals surface area contributed by atoms with E-state index < -0.39 is 0 Å². The molecule has 0 bridgehead atoms. The number of carbonyl (C=O) groups is 1. The lowest BCUT2D eigenvalue weighted by molar-refractivity contribution is 0.102. The van der Waals surface area contributed by atoms with Gasteiger partial charge in [-0.2, -0.15) is 5.10 Å². The second kappa shape index (κ2) is 5.73. The molecular weight excluding hydrogens is 278 g/mol. The van der Waals surface area contributed by atoms with Crippen molar-refractivity contribution in [2.24, 2.45) is 0 Å². The van der Waals surface area contributed by atoms with Gasteiger partial charge in [0.05, 0.1) is 6.20 Å². The van der Waals surface area contributed by atoms with E-state index in [4.69, 9.17) is 0 Å². The fraction of sp³-hybridized carbons (Fsp3) is 0.0588. The first kappa shape index (κ1) is 13.9. The van der Waals surface area contributed by atoms with Gasteiger partial charge in [0, 0.05) is 23.0 Å². The summed E-state index contributed by atoms with van der Waals surface area (Å²) in [7, 11) is 0. The molecule has 1 heterocycles. The number of carbonyl (C=O) groups excluding carboxylic acids is 1. The summed E-state index contributed by atoms with van der Waals surface area (Å²) in [5.74, 6) is 0.0197. The molecule has 1 aromatic heterocycles. The number of amides is 1. The Morgan fingerprint density at radius 3 is 2.55 bits per heavy atom. The van der Waals surface area contributed by atoms with Crippen LogP contribution in [0.5, 0.6) is 5.75 Å². The number of aromatic nitrogens is 2. The van der Waals surface area contributed by atoms with E-state index in [9.17, 15) is 9.90 Å². The number of hydrogen-bond donors (Lipinski definition) is 3. The number of nitrogens with zero attached hydrogens (tertiary/aromatic N) is 1. The molecule has 0 fully saturated rings. The molecule has 0 unspecified atom stereocenters. The van der Waals surface area contributed by atoms with Gasteiger partial charge in [0.1, 0.15) is 5.75 Å².